The van der Waals surface area contributed by atoms with Gasteiger partial charge in [-0.25, -0.2) is 24.1 Å². The predicted octanol–water partition coefficient (Wildman–Crippen LogP) is 0.930. The Kier molecular flexibility index (Phi) is 6.94. The van der Waals surface area contributed by atoms with E-state index < -0.39 is 33.6 Å². The molecule has 0 spiro atoms. The van der Waals surface area contributed by atoms with Gasteiger partial charge in [0.1, 0.15) is 11.5 Å². The first-order valence-corrected chi connectivity index (χ1v) is 12.3. The fourth-order valence-corrected chi connectivity index (χ4v) is 4.76. The third-order valence-electron chi connectivity index (χ3n) is 5.22. The summed E-state index contributed by atoms with van der Waals surface area (Å²) in [5.41, 5.74) is 0.731. The number of nitrogens with zero attached hydrogens (tertiary/aromatic N) is 3. The van der Waals surface area contributed by atoms with Gasteiger partial charge in [0, 0.05) is 48.3 Å². The molecule has 1 unspecified atom stereocenters. The van der Waals surface area contributed by atoms with Crippen molar-refractivity contribution in [3.8, 4) is 6.01 Å². The molecule has 3 aromatic rings. The van der Waals surface area contributed by atoms with Crippen LogP contribution in [0.4, 0.5) is 10.2 Å². The van der Waals surface area contributed by atoms with Gasteiger partial charge in [0.05, 0.1) is 0 Å². The molecule has 1 aliphatic rings. The van der Waals surface area contributed by atoms with E-state index in [1.54, 1.807) is 45.3 Å². The topological polar surface area (TPSA) is 136 Å². The summed E-state index contributed by atoms with van der Waals surface area (Å²) in [7, 11) is -4.01. The van der Waals surface area contributed by atoms with Crippen LogP contribution in [0.1, 0.15) is 37.0 Å². The highest BCUT2D eigenvalue weighted by atomic mass is 32.2. The molecule has 0 fully saturated rings. The fraction of sp³-hybridized carbons (Fsp3) is 0.304. The van der Waals surface area contributed by atoms with Crippen LogP contribution >= 0.6 is 0 Å². The summed E-state index contributed by atoms with van der Waals surface area (Å²) in [4.78, 5) is 24.6. The van der Waals surface area contributed by atoms with Gasteiger partial charge in [0.25, 0.3) is 0 Å². The third-order valence-corrected chi connectivity index (χ3v) is 6.46. The minimum absolute atomic E-state index is 0.0971. The molecule has 0 radical (unpaired) electrons. The number of ether oxygens (including phenoxy) is 1. The Labute approximate surface area is 200 Å². The zero-order valence-electron chi connectivity index (χ0n) is 19.3. The van der Waals surface area contributed by atoms with Crippen LogP contribution in [0.15, 0.2) is 39.9 Å². The Morgan fingerprint density at radius 1 is 1.23 bits per heavy atom. The summed E-state index contributed by atoms with van der Waals surface area (Å²) in [6.45, 7) is 5.03. The zero-order valence-corrected chi connectivity index (χ0v) is 20.1. The van der Waals surface area contributed by atoms with Crippen LogP contribution in [0.3, 0.4) is 0 Å². The molecule has 35 heavy (non-hydrogen) atoms. The number of aromatic nitrogens is 3. The van der Waals surface area contributed by atoms with Gasteiger partial charge < -0.3 is 9.15 Å². The van der Waals surface area contributed by atoms with E-state index in [9.17, 15) is 13.2 Å². The molecule has 4 rings (SSSR count). The molecule has 2 N–H and O–H groups in total. The lowest BCUT2D eigenvalue weighted by Gasteiger charge is -2.16. The molecular formula is C23H24FN5O5S. The van der Waals surface area contributed by atoms with Crippen molar-refractivity contribution < 1.29 is 22.0 Å². The molecule has 0 saturated heterocycles. The van der Waals surface area contributed by atoms with Crippen molar-refractivity contribution in [2.75, 3.05) is 4.72 Å². The van der Waals surface area contributed by atoms with Gasteiger partial charge in [0.15, 0.2) is 11.6 Å². The van der Waals surface area contributed by atoms with E-state index in [-0.39, 0.29) is 29.6 Å². The Morgan fingerprint density at radius 3 is 2.69 bits per heavy atom. The largest absolute Gasteiger partial charge is 0.455 e. The standard InChI is InChI=1S/C23H24FN5O5S/c1-13(2)28-35(31,32)29-21-20(24)15(7-10-25-21)11-18-14(3)17-6-5-16(12-19(17)34-22(18)30)33-23-26-8-4-9-27-23/h4,6-10,12-13,16,28H,5,11H2,1-3H3,(H,25,29). The summed E-state index contributed by atoms with van der Waals surface area (Å²) >= 11 is 0. The van der Waals surface area contributed by atoms with Crippen molar-refractivity contribution in [1.29, 1.82) is 0 Å². The van der Waals surface area contributed by atoms with Crippen LogP contribution in [0.2, 0.25) is 0 Å². The molecular weight excluding hydrogens is 477 g/mol. The Balaban J connectivity index is 1.63. The van der Waals surface area contributed by atoms with E-state index in [1.165, 1.54) is 12.3 Å². The van der Waals surface area contributed by atoms with E-state index >= 15 is 4.39 Å². The molecule has 10 nitrogen and oxygen atoms in total. The lowest BCUT2D eigenvalue weighted by molar-refractivity contribution is 0.245. The summed E-state index contributed by atoms with van der Waals surface area (Å²) < 4.78 is 55.0. The van der Waals surface area contributed by atoms with E-state index in [2.05, 4.69) is 24.4 Å². The van der Waals surface area contributed by atoms with Crippen molar-refractivity contribution >= 4 is 28.2 Å². The fourth-order valence-electron chi connectivity index (χ4n) is 3.68. The number of fused-ring (bicyclic) bond motifs is 1. The molecule has 0 amide bonds. The minimum Gasteiger partial charge on any atom is -0.455 e. The number of hydrogen-bond acceptors (Lipinski definition) is 8. The SMILES string of the molecule is Cc1c(Cc2ccnc(NS(=O)(=O)NC(C)C)c2F)c(=O)oc2c1=CCC(Oc1ncccn1)C=2. The lowest BCUT2D eigenvalue weighted by Crippen LogP contribution is -2.39. The second-order valence-corrected chi connectivity index (χ2v) is 9.70. The van der Waals surface area contributed by atoms with Gasteiger partial charge in [-0.2, -0.15) is 13.1 Å². The average molecular weight is 502 g/mol. The van der Waals surface area contributed by atoms with Gasteiger partial charge in [-0.15, -0.1) is 0 Å². The Morgan fingerprint density at radius 2 is 1.97 bits per heavy atom. The van der Waals surface area contributed by atoms with Gasteiger partial charge in [-0.3, -0.25) is 4.72 Å². The Hall–Kier alpha value is -3.64. The Bertz CT molecular complexity index is 1520. The molecule has 12 heteroatoms. The van der Waals surface area contributed by atoms with E-state index in [1.807, 2.05) is 6.08 Å². The van der Waals surface area contributed by atoms with Crippen LogP contribution in [0.5, 0.6) is 6.01 Å². The summed E-state index contributed by atoms with van der Waals surface area (Å²) in [6, 6.07) is 2.89. The van der Waals surface area contributed by atoms with Crippen LogP contribution in [-0.4, -0.2) is 35.5 Å². The molecule has 0 saturated carbocycles. The molecule has 3 heterocycles. The van der Waals surface area contributed by atoms with Crippen molar-refractivity contribution in [3.05, 3.63) is 74.3 Å². The lowest BCUT2D eigenvalue weighted by atomic mass is 9.99. The number of anilines is 1. The van der Waals surface area contributed by atoms with Gasteiger partial charge in [-0.05, 0) is 50.1 Å². The first-order valence-electron chi connectivity index (χ1n) is 10.8. The number of hydrogen-bond donors (Lipinski definition) is 2. The summed E-state index contributed by atoms with van der Waals surface area (Å²) in [6.07, 6.45) is 7.95. The molecule has 0 aromatic carbocycles. The van der Waals surface area contributed by atoms with E-state index in [0.717, 1.165) is 0 Å². The predicted molar refractivity (Wildman–Crippen MR) is 127 cm³/mol. The van der Waals surface area contributed by atoms with E-state index in [4.69, 9.17) is 9.15 Å². The molecule has 1 atom stereocenters. The average Bonchev–Trinajstić information content (AvgIpc) is 2.78. The first-order chi connectivity index (χ1) is 16.6. The molecule has 0 aliphatic heterocycles. The number of nitrogens with one attached hydrogen (secondary N) is 2. The molecule has 184 valence electrons. The second-order valence-electron chi connectivity index (χ2n) is 8.25. The third kappa shape index (κ3) is 5.72. The number of halogens is 1. The molecule has 0 bridgehead atoms. The van der Waals surface area contributed by atoms with Gasteiger partial charge >= 0.3 is 21.8 Å². The van der Waals surface area contributed by atoms with Crippen LogP contribution in [-0.2, 0) is 16.6 Å². The van der Waals surface area contributed by atoms with Crippen LogP contribution in [0.25, 0.3) is 12.2 Å². The maximum atomic E-state index is 15.1. The normalized spacial score (nSPS) is 15.2. The highest BCUT2D eigenvalue weighted by molar-refractivity contribution is 7.90. The highest BCUT2D eigenvalue weighted by Gasteiger charge is 2.20. The number of pyridine rings is 1. The zero-order chi connectivity index (χ0) is 25.2. The van der Waals surface area contributed by atoms with Crippen molar-refractivity contribution in [1.82, 2.24) is 19.7 Å². The van der Waals surface area contributed by atoms with Crippen molar-refractivity contribution in [3.63, 3.8) is 0 Å². The summed E-state index contributed by atoms with van der Waals surface area (Å²) in [5.74, 6) is -1.33. The maximum absolute atomic E-state index is 15.1. The summed E-state index contributed by atoms with van der Waals surface area (Å²) in [5, 5.41) is 0.713. The van der Waals surface area contributed by atoms with Crippen molar-refractivity contribution in [2.45, 2.75) is 45.8 Å². The maximum Gasteiger partial charge on any atom is 0.340 e. The first kappa shape index (κ1) is 24.5. The second kappa shape index (κ2) is 9.92. The molecule has 3 aromatic heterocycles. The highest BCUT2D eigenvalue weighted by Crippen LogP contribution is 2.19. The monoisotopic (exact) mass is 501 g/mol. The van der Waals surface area contributed by atoms with E-state index in [0.29, 0.717) is 22.6 Å². The quantitative estimate of drug-likeness (QED) is 0.465. The van der Waals surface area contributed by atoms with Crippen LogP contribution < -0.4 is 30.4 Å². The van der Waals surface area contributed by atoms with Crippen LogP contribution in [0, 0.1) is 12.7 Å². The molecule has 1 aliphatic carbocycles. The van der Waals surface area contributed by atoms with Gasteiger partial charge in [0.2, 0.25) is 0 Å². The minimum atomic E-state index is -4.01. The smallest absolute Gasteiger partial charge is 0.340 e. The van der Waals surface area contributed by atoms with Gasteiger partial charge in [-0.1, -0.05) is 6.08 Å². The van der Waals surface area contributed by atoms with Crippen molar-refractivity contribution in [2.24, 2.45) is 0 Å². The number of rotatable bonds is 8.